The highest BCUT2D eigenvalue weighted by Crippen LogP contribution is 2.38. The van der Waals surface area contributed by atoms with Crippen molar-refractivity contribution in [2.24, 2.45) is 0 Å². The SMILES string of the molecule is COc1ccc(-c2sc(NC(C)(C)c3ccccn3)nc2C)cc1S(=O)(=O)Nc1ccncc1C. The second-order valence-corrected chi connectivity index (χ2v) is 11.2. The molecule has 182 valence electrons. The van der Waals surface area contributed by atoms with Crippen LogP contribution in [-0.4, -0.2) is 30.5 Å². The van der Waals surface area contributed by atoms with E-state index < -0.39 is 15.6 Å². The van der Waals surface area contributed by atoms with Gasteiger partial charge < -0.3 is 10.1 Å². The molecule has 0 radical (unpaired) electrons. The number of methoxy groups -OCH3 is 1. The predicted octanol–water partition coefficient (Wildman–Crippen LogP) is 5.37. The molecule has 2 N–H and O–H groups in total. The Balaban J connectivity index is 1.68. The van der Waals surface area contributed by atoms with Crippen molar-refractivity contribution in [3.63, 3.8) is 0 Å². The largest absolute Gasteiger partial charge is 0.495 e. The summed E-state index contributed by atoms with van der Waals surface area (Å²) in [7, 11) is -2.47. The Hall–Kier alpha value is -3.50. The zero-order chi connectivity index (χ0) is 25.2. The van der Waals surface area contributed by atoms with Crippen molar-refractivity contribution >= 4 is 32.2 Å². The third kappa shape index (κ3) is 5.28. The first-order valence-corrected chi connectivity index (χ1v) is 13.2. The number of benzene rings is 1. The Labute approximate surface area is 209 Å². The van der Waals surface area contributed by atoms with E-state index >= 15 is 0 Å². The van der Waals surface area contributed by atoms with Gasteiger partial charge in [-0.3, -0.25) is 14.7 Å². The van der Waals surface area contributed by atoms with Gasteiger partial charge in [0, 0.05) is 18.6 Å². The summed E-state index contributed by atoms with van der Waals surface area (Å²) in [4.78, 5) is 14.1. The molecule has 0 aliphatic carbocycles. The maximum Gasteiger partial charge on any atom is 0.265 e. The van der Waals surface area contributed by atoms with Gasteiger partial charge in [-0.2, -0.15) is 0 Å². The van der Waals surface area contributed by atoms with Crippen LogP contribution < -0.4 is 14.8 Å². The van der Waals surface area contributed by atoms with Crippen molar-refractivity contribution in [2.75, 3.05) is 17.1 Å². The number of hydrogen-bond acceptors (Lipinski definition) is 8. The number of sulfonamides is 1. The Morgan fingerprint density at radius 1 is 1.06 bits per heavy atom. The van der Waals surface area contributed by atoms with Gasteiger partial charge in [0.05, 0.1) is 34.6 Å². The fourth-order valence-corrected chi connectivity index (χ4v) is 6.04. The molecule has 0 bridgehead atoms. The number of thiazole rings is 1. The maximum absolute atomic E-state index is 13.3. The minimum absolute atomic E-state index is 0.0461. The van der Waals surface area contributed by atoms with E-state index in [4.69, 9.17) is 4.74 Å². The molecule has 0 atom stereocenters. The lowest BCUT2D eigenvalue weighted by atomic mass is 10.0. The first kappa shape index (κ1) is 24.6. The standard InChI is InChI=1S/C25H27N5O3S2/c1-16-15-26-13-11-19(16)30-35(31,32)21-14-18(9-10-20(21)33-5)23-17(2)28-24(34-23)29-25(3,4)22-8-6-7-12-27-22/h6-15H,1-5H3,(H,26,30)(H,28,29). The summed E-state index contributed by atoms with van der Waals surface area (Å²) in [5.41, 5.74) is 3.16. The van der Waals surface area contributed by atoms with Crippen LogP contribution in [0.15, 0.2) is 66.0 Å². The van der Waals surface area contributed by atoms with E-state index in [-0.39, 0.29) is 10.6 Å². The number of nitrogens with one attached hydrogen (secondary N) is 2. The Morgan fingerprint density at radius 2 is 1.86 bits per heavy atom. The molecule has 1 aromatic carbocycles. The summed E-state index contributed by atoms with van der Waals surface area (Å²) in [5.74, 6) is 0.254. The van der Waals surface area contributed by atoms with Crippen LogP contribution in [-0.2, 0) is 15.6 Å². The van der Waals surface area contributed by atoms with Crippen molar-refractivity contribution < 1.29 is 13.2 Å². The van der Waals surface area contributed by atoms with Crippen LogP contribution in [0, 0.1) is 13.8 Å². The number of hydrogen-bond donors (Lipinski definition) is 2. The lowest BCUT2D eigenvalue weighted by Crippen LogP contribution is -2.28. The summed E-state index contributed by atoms with van der Waals surface area (Å²) in [6.45, 7) is 7.77. The number of rotatable bonds is 8. The number of ether oxygens (including phenoxy) is 1. The summed E-state index contributed by atoms with van der Waals surface area (Å²) in [5, 5.41) is 4.18. The topological polar surface area (TPSA) is 106 Å². The first-order chi connectivity index (χ1) is 16.6. The van der Waals surface area contributed by atoms with E-state index in [9.17, 15) is 8.42 Å². The second-order valence-electron chi connectivity index (χ2n) is 8.56. The van der Waals surface area contributed by atoms with E-state index in [1.54, 1.807) is 43.7 Å². The van der Waals surface area contributed by atoms with E-state index in [0.29, 0.717) is 5.69 Å². The average molecular weight is 510 g/mol. The third-order valence-electron chi connectivity index (χ3n) is 5.50. The predicted molar refractivity (Wildman–Crippen MR) is 140 cm³/mol. The molecule has 10 heteroatoms. The monoisotopic (exact) mass is 509 g/mol. The van der Waals surface area contributed by atoms with Crippen molar-refractivity contribution in [1.82, 2.24) is 15.0 Å². The van der Waals surface area contributed by atoms with Gasteiger partial charge in [0.1, 0.15) is 10.6 Å². The highest BCUT2D eigenvalue weighted by Gasteiger charge is 2.25. The summed E-state index contributed by atoms with van der Waals surface area (Å²) >= 11 is 1.46. The third-order valence-corrected chi connectivity index (χ3v) is 8.01. The van der Waals surface area contributed by atoms with Crippen LogP contribution in [0.5, 0.6) is 5.75 Å². The first-order valence-electron chi connectivity index (χ1n) is 10.9. The van der Waals surface area contributed by atoms with Crippen LogP contribution in [0.3, 0.4) is 0 Å². The maximum atomic E-state index is 13.3. The molecule has 3 aromatic heterocycles. The zero-order valence-corrected chi connectivity index (χ0v) is 21.8. The molecular formula is C25H27N5O3S2. The smallest absolute Gasteiger partial charge is 0.265 e. The Morgan fingerprint density at radius 3 is 2.54 bits per heavy atom. The van der Waals surface area contributed by atoms with Gasteiger partial charge in [0.2, 0.25) is 0 Å². The van der Waals surface area contributed by atoms with Gasteiger partial charge >= 0.3 is 0 Å². The van der Waals surface area contributed by atoms with Gasteiger partial charge in [-0.05, 0) is 75.2 Å². The van der Waals surface area contributed by atoms with Crippen LogP contribution in [0.2, 0.25) is 0 Å². The molecule has 0 fully saturated rings. The molecule has 0 saturated carbocycles. The van der Waals surface area contributed by atoms with E-state index in [1.807, 2.05) is 45.0 Å². The van der Waals surface area contributed by atoms with Gasteiger partial charge in [0.25, 0.3) is 10.0 Å². The molecule has 0 aliphatic heterocycles. The summed E-state index contributed by atoms with van der Waals surface area (Å²) < 4.78 is 34.6. The number of aryl methyl sites for hydroxylation is 2. The Bertz CT molecular complexity index is 1450. The summed E-state index contributed by atoms with van der Waals surface area (Å²) in [6.07, 6.45) is 4.91. The quantitative estimate of drug-likeness (QED) is 0.329. The van der Waals surface area contributed by atoms with Gasteiger partial charge in [0.15, 0.2) is 5.13 Å². The Kier molecular flexibility index (Phi) is 6.77. The van der Waals surface area contributed by atoms with Crippen molar-refractivity contribution in [3.05, 3.63) is 78.0 Å². The molecule has 0 saturated heterocycles. The van der Waals surface area contributed by atoms with Gasteiger partial charge in [-0.25, -0.2) is 13.4 Å². The average Bonchev–Trinajstić information content (AvgIpc) is 3.19. The minimum atomic E-state index is -3.92. The molecule has 0 amide bonds. The number of nitrogens with zero attached hydrogens (tertiary/aromatic N) is 3. The van der Waals surface area contributed by atoms with E-state index in [2.05, 4.69) is 25.0 Å². The highest BCUT2D eigenvalue weighted by atomic mass is 32.2. The number of aromatic nitrogens is 3. The normalized spacial score (nSPS) is 11.8. The molecule has 4 rings (SSSR count). The molecule has 0 spiro atoms. The van der Waals surface area contributed by atoms with Crippen molar-refractivity contribution in [2.45, 2.75) is 38.1 Å². The zero-order valence-electron chi connectivity index (χ0n) is 20.2. The lowest BCUT2D eigenvalue weighted by molar-refractivity contribution is 0.403. The molecule has 4 aromatic rings. The lowest BCUT2D eigenvalue weighted by Gasteiger charge is -2.25. The van der Waals surface area contributed by atoms with Crippen LogP contribution >= 0.6 is 11.3 Å². The van der Waals surface area contributed by atoms with Crippen LogP contribution in [0.1, 0.15) is 30.8 Å². The molecular weight excluding hydrogens is 482 g/mol. The number of anilines is 2. The van der Waals surface area contributed by atoms with Gasteiger partial charge in [-0.1, -0.05) is 17.4 Å². The van der Waals surface area contributed by atoms with Gasteiger partial charge in [-0.15, -0.1) is 0 Å². The summed E-state index contributed by atoms with van der Waals surface area (Å²) in [6, 6.07) is 12.5. The minimum Gasteiger partial charge on any atom is -0.495 e. The highest BCUT2D eigenvalue weighted by molar-refractivity contribution is 7.92. The second kappa shape index (κ2) is 9.63. The molecule has 0 unspecified atom stereocenters. The molecule has 3 heterocycles. The fourth-order valence-electron chi connectivity index (χ4n) is 3.60. The van der Waals surface area contributed by atoms with Crippen LogP contribution in [0.25, 0.3) is 10.4 Å². The number of pyridine rings is 2. The van der Waals surface area contributed by atoms with Crippen molar-refractivity contribution in [3.8, 4) is 16.2 Å². The van der Waals surface area contributed by atoms with E-state index in [0.717, 1.165) is 32.5 Å². The fraction of sp³-hybridized carbons (Fsp3) is 0.240. The molecule has 35 heavy (non-hydrogen) atoms. The van der Waals surface area contributed by atoms with E-state index in [1.165, 1.54) is 18.4 Å². The molecule has 0 aliphatic rings. The van der Waals surface area contributed by atoms with Crippen LogP contribution in [0.4, 0.5) is 10.8 Å². The van der Waals surface area contributed by atoms with Crippen molar-refractivity contribution in [1.29, 1.82) is 0 Å². The molecule has 8 nitrogen and oxygen atoms in total.